The van der Waals surface area contributed by atoms with Gasteiger partial charge >= 0.3 is 0 Å². The maximum atomic E-state index is 8.85. The molecule has 0 saturated heterocycles. The summed E-state index contributed by atoms with van der Waals surface area (Å²) in [5.41, 5.74) is 2.82. The second kappa shape index (κ2) is 6.99. The summed E-state index contributed by atoms with van der Waals surface area (Å²) in [6.45, 7) is 4.61. The Labute approximate surface area is 123 Å². The van der Waals surface area contributed by atoms with Crippen molar-refractivity contribution in [1.29, 1.82) is 0 Å². The molecule has 2 N–H and O–H groups in total. The Morgan fingerprint density at radius 2 is 2.10 bits per heavy atom. The van der Waals surface area contributed by atoms with E-state index in [0.717, 1.165) is 22.7 Å². The predicted octanol–water partition coefficient (Wildman–Crippen LogP) is 2.28. The number of aliphatic hydroxyl groups excluding tert-OH is 1. The molecule has 0 amide bonds. The van der Waals surface area contributed by atoms with Gasteiger partial charge < -0.3 is 24.4 Å². The van der Waals surface area contributed by atoms with Crippen LogP contribution in [-0.2, 0) is 6.54 Å². The Morgan fingerprint density at radius 3 is 2.71 bits per heavy atom. The lowest BCUT2D eigenvalue weighted by atomic mass is 10.2. The molecule has 6 heteroatoms. The van der Waals surface area contributed by atoms with Gasteiger partial charge in [-0.3, -0.25) is 0 Å². The van der Waals surface area contributed by atoms with E-state index in [4.69, 9.17) is 19.1 Å². The molecule has 1 heterocycles. The smallest absolute Gasteiger partial charge is 0.163 e. The average molecular weight is 292 g/mol. The zero-order chi connectivity index (χ0) is 15.2. The minimum absolute atomic E-state index is 0.0418. The topological polar surface area (TPSA) is 76.8 Å². The van der Waals surface area contributed by atoms with Crippen molar-refractivity contribution < 1.29 is 19.1 Å². The van der Waals surface area contributed by atoms with E-state index >= 15 is 0 Å². The van der Waals surface area contributed by atoms with Gasteiger partial charge in [0.1, 0.15) is 12.4 Å². The van der Waals surface area contributed by atoms with Crippen LogP contribution in [0.25, 0.3) is 0 Å². The number of hydrogen-bond acceptors (Lipinski definition) is 6. The second-order valence-corrected chi connectivity index (χ2v) is 4.59. The maximum absolute atomic E-state index is 8.85. The zero-order valence-corrected chi connectivity index (χ0v) is 12.5. The Bertz CT molecular complexity index is 576. The molecule has 0 spiro atoms. The molecule has 0 atom stereocenters. The quantitative estimate of drug-likeness (QED) is 0.815. The van der Waals surface area contributed by atoms with Crippen molar-refractivity contribution in [1.82, 2.24) is 5.16 Å². The number of rotatable bonds is 7. The minimum Gasteiger partial charge on any atom is -0.493 e. The molecular weight excluding hydrogens is 272 g/mol. The number of anilines is 1. The first-order chi connectivity index (χ1) is 10.2. The number of ether oxygens (including phenoxy) is 2. The van der Waals surface area contributed by atoms with Gasteiger partial charge in [-0.2, -0.15) is 0 Å². The normalized spacial score (nSPS) is 10.5. The second-order valence-electron chi connectivity index (χ2n) is 4.59. The predicted molar refractivity (Wildman–Crippen MR) is 78.9 cm³/mol. The fraction of sp³-hybridized carbons (Fsp3) is 0.400. The van der Waals surface area contributed by atoms with Gasteiger partial charge in [-0.25, -0.2) is 0 Å². The van der Waals surface area contributed by atoms with E-state index in [2.05, 4.69) is 10.5 Å². The van der Waals surface area contributed by atoms with E-state index in [-0.39, 0.29) is 13.2 Å². The van der Waals surface area contributed by atoms with Crippen molar-refractivity contribution in [2.45, 2.75) is 20.4 Å². The standard InChI is InChI=1S/C15H20N2O4/c1-10-13(11(2)21-17-10)9-16-12-4-5-14(19-3)15(8-12)20-7-6-18/h4-5,8,16,18H,6-7,9H2,1-3H3. The number of aromatic nitrogens is 1. The largest absolute Gasteiger partial charge is 0.493 e. The van der Waals surface area contributed by atoms with Crippen LogP contribution >= 0.6 is 0 Å². The summed E-state index contributed by atoms with van der Waals surface area (Å²) in [4.78, 5) is 0. The van der Waals surface area contributed by atoms with Crippen molar-refractivity contribution in [3.63, 3.8) is 0 Å². The van der Waals surface area contributed by atoms with Crippen LogP contribution in [0.3, 0.4) is 0 Å². The van der Waals surface area contributed by atoms with Crippen molar-refractivity contribution in [3.05, 3.63) is 35.2 Å². The first-order valence-corrected chi connectivity index (χ1v) is 6.73. The van der Waals surface area contributed by atoms with Crippen molar-refractivity contribution in [3.8, 4) is 11.5 Å². The van der Waals surface area contributed by atoms with Gasteiger partial charge in [-0.1, -0.05) is 5.16 Å². The summed E-state index contributed by atoms with van der Waals surface area (Å²) in [7, 11) is 1.58. The molecule has 114 valence electrons. The molecule has 6 nitrogen and oxygen atoms in total. The van der Waals surface area contributed by atoms with E-state index < -0.39 is 0 Å². The molecular formula is C15H20N2O4. The van der Waals surface area contributed by atoms with E-state index in [1.54, 1.807) is 7.11 Å². The highest BCUT2D eigenvalue weighted by molar-refractivity contribution is 5.55. The van der Waals surface area contributed by atoms with E-state index in [9.17, 15) is 0 Å². The first kappa shape index (κ1) is 15.2. The molecule has 0 radical (unpaired) electrons. The zero-order valence-electron chi connectivity index (χ0n) is 12.5. The summed E-state index contributed by atoms with van der Waals surface area (Å²) >= 11 is 0. The highest BCUT2D eigenvalue weighted by Crippen LogP contribution is 2.30. The third-order valence-electron chi connectivity index (χ3n) is 3.16. The molecule has 1 aromatic carbocycles. The van der Waals surface area contributed by atoms with Gasteiger partial charge in [0.2, 0.25) is 0 Å². The Balaban J connectivity index is 2.09. The summed E-state index contributed by atoms with van der Waals surface area (Å²) in [5.74, 6) is 2.03. The minimum atomic E-state index is -0.0418. The maximum Gasteiger partial charge on any atom is 0.163 e. The number of aryl methyl sites for hydroxylation is 2. The summed E-state index contributed by atoms with van der Waals surface area (Å²) in [6.07, 6.45) is 0. The van der Waals surface area contributed by atoms with Gasteiger partial charge in [0.05, 0.1) is 19.4 Å². The highest BCUT2D eigenvalue weighted by Gasteiger charge is 2.10. The van der Waals surface area contributed by atoms with Crippen LogP contribution in [-0.4, -0.2) is 30.6 Å². The molecule has 0 saturated carbocycles. The molecule has 2 rings (SSSR count). The third kappa shape index (κ3) is 3.66. The third-order valence-corrected chi connectivity index (χ3v) is 3.16. The van der Waals surface area contributed by atoms with Crippen LogP contribution in [0.4, 0.5) is 5.69 Å². The number of nitrogens with one attached hydrogen (secondary N) is 1. The van der Waals surface area contributed by atoms with Gasteiger partial charge in [0, 0.05) is 23.9 Å². The Morgan fingerprint density at radius 1 is 1.29 bits per heavy atom. The summed E-state index contributed by atoms with van der Waals surface area (Å²) in [6, 6.07) is 5.57. The lowest BCUT2D eigenvalue weighted by molar-refractivity contribution is 0.196. The van der Waals surface area contributed by atoms with Gasteiger partial charge in [0.15, 0.2) is 11.5 Å². The van der Waals surface area contributed by atoms with Crippen LogP contribution in [0.5, 0.6) is 11.5 Å². The fourth-order valence-electron chi connectivity index (χ4n) is 2.00. The molecule has 0 aliphatic rings. The van der Waals surface area contributed by atoms with Gasteiger partial charge in [-0.15, -0.1) is 0 Å². The molecule has 2 aromatic rings. The molecule has 1 aromatic heterocycles. The molecule has 21 heavy (non-hydrogen) atoms. The van der Waals surface area contributed by atoms with Gasteiger partial charge in [-0.05, 0) is 26.0 Å². The number of aliphatic hydroxyl groups is 1. The first-order valence-electron chi connectivity index (χ1n) is 6.73. The van der Waals surface area contributed by atoms with Crippen molar-refractivity contribution in [2.75, 3.05) is 25.6 Å². The van der Waals surface area contributed by atoms with Crippen LogP contribution in [0.2, 0.25) is 0 Å². The molecule has 0 aliphatic heterocycles. The SMILES string of the molecule is COc1ccc(NCc2c(C)noc2C)cc1OCCO. The van der Waals surface area contributed by atoms with Crippen LogP contribution in [0.1, 0.15) is 17.0 Å². The number of benzene rings is 1. The lowest BCUT2D eigenvalue weighted by Gasteiger charge is -2.12. The lowest BCUT2D eigenvalue weighted by Crippen LogP contribution is -2.05. The number of hydrogen-bond donors (Lipinski definition) is 2. The van der Waals surface area contributed by atoms with Crippen LogP contribution < -0.4 is 14.8 Å². The monoisotopic (exact) mass is 292 g/mol. The number of nitrogens with zero attached hydrogens (tertiary/aromatic N) is 1. The van der Waals surface area contributed by atoms with E-state index in [1.807, 2.05) is 32.0 Å². The molecule has 0 bridgehead atoms. The van der Waals surface area contributed by atoms with Gasteiger partial charge in [0.25, 0.3) is 0 Å². The van der Waals surface area contributed by atoms with Crippen LogP contribution in [0, 0.1) is 13.8 Å². The molecule has 0 fully saturated rings. The molecule has 0 unspecified atom stereocenters. The van der Waals surface area contributed by atoms with Crippen molar-refractivity contribution in [2.24, 2.45) is 0 Å². The summed E-state index contributed by atoms with van der Waals surface area (Å²) in [5, 5.41) is 16.1. The van der Waals surface area contributed by atoms with Crippen molar-refractivity contribution >= 4 is 5.69 Å². The van der Waals surface area contributed by atoms with E-state index in [0.29, 0.717) is 18.0 Å². The highest BCUT2D eigenvalue weighted by atomic mass is 16.5. The van der Waals surface area contributed by atoms with Crippen LogP contribution in [0.15, 0.2) is 22.7 Å². The summed E-state index contributed by atoms with van der Waals surface area (Å²) < 4.78 is 15.8. The fourth-order valence-corrected chi connectivity index (χ4v) is 2.00. The molecule has 0 aliphatic carbocycles. The average Bonchev–Trinajstić information content (AvgIpc) is 2.82. The Kier molecular flexibility index (Phi) is 5.05. The van der Waals surface area contributed by atoms with E-state index in [1.165, 1.54) is 0 Å². The number of methoxy groups -OCH3 is 1. The Hall–Kier alpha value is -2.21.